The Balaban J connectivity index is 1.42. The van der Waals surface area contributed by atoms with Gasteiger partial charge in [0.15, 0.2) is 5.82 Å². The van der Waals surface area contributed by atoms with E-state index in [2.05, 4.69) is 27.1 Å². The minimum atomic E-state index is -0.652. The molecule has 4 aromatic rings. The molecular formula is C32H34ClF2N5O2. The van der Waals surface area contributed by atoms with Crippen LogP contribution in [0.25, 0.3) is 32.8 Å². The van der Waals surface area contributed by atoms with Gasteiger partial charge < -0.3 is 25.0 Å². The second-order valence-corrected chi connectivity index (χ2v) is 12.3. The van der Waals surface area contributed by atoms with Crippen molar-refractivity contribution in [1.29, 1.82) is 0 Å². The van der Waals surface area contributed by atoms with Gasteiger partial charge >= 0.3 is 6.01 Å². The van der Waals surface area contributed by atoms with Crippen molar-refractivity contribution in [2.45, 2.75) is 57.2 Å². The van der Waals surface area contributed by atoms with Crippen molar-refractivity contribution in [1.82, 2.24) is 20.2 Å². The number of nitrogens with zero attached hydrogens (tertiary/aromatic N) is 4. The van der Waals surface area contributed by atoms with Gasteiger partial charge in [-0.05, 0) is 91.9 Å². The van der Waals surface area contributed by atoms with Crippen molar-refractivity contribution in [2.75, 3.05) is 38.2 Å². The third kappa shape index (κ3) is 4.71. The second-order valence-electron chi connectivity index (χ2n) is 11.9. The molecule has 0 radical (unpaired) electrons. The molecule has 0 aliphatic carbocycles. The number of aromatic hydroxyl groups is 1. The SMILES string of the molecule is CCc1c(F)ccc2cc(O)cc(-c3c(Cl)cc4c(N5CC6CCC(C5)N6)nc(OC[C@@H]5CCCN5C)nc4c3F)c12. The summed E-state index contributed by atoms with van der Waals surface area (Å²) in [6.07, 6.45) is 4.68. The van der Waals surface area contributed by atoms with Crippen LogP contribution in [-0.2, 0) is 6.42 Å². The number of likely N-dealkylation sites (tertiary alicyclic amines) is 1. The Kier molecular flexibility index (Phi) is 7.07. The minimum absolute atomic E-state index is 0.0638. The average Bonchev–Trinajstić information content (AvgIpc) is 3.54. The summed E-state index contributed by atoms with van der Waals surface area (Å²) in [6, 6.07) is 8.70. The molecule has 4 heterocycles. The van der Waals surface area contributed by atoms with Crippen molar-refractivity contribution >= 4 is 39.1 Å². The molecule has 220 valence electrons. The molecule has 1 aromatic heterocycles. The lowest BCUT2D eigenvalue weighted by atomic mass is 9.92. The maximum Gasteiger partial charge on any atom is 0.319 e. The van der Waals surface area contributed by atoms with Gasteiger partial charge in [-0.3, -0.25) is 0 Å². The van der Waals surface area contributed by atoms with Gasteiger partial charge in [0.05, 0.1) is 5.02 Å². The molecule has 7 rings (SSSR count). The summed E-state index contributed by atoms with van der Waals surface area (Å²) in [5.41, 5.74) is 0.909. The lowest BCUT2D eigenvalue weighted by Crippen LogP contribution is -2.51. The molecule has 42 heavy (non-hydrogen) atoms. The molecule has 3 saturated heterocycles. The molecule has 7 nitrogen and oxygen atoms in total. The number of hydrogen-bond acceptors (Lipinski definition) is 7. The molecular weight excluding hydrogens is 560 g/mol. The second kappa shape index (κ2) is 10.8. The van der Waals surface area contributed by atoms with E-state index in [9.17, 15) is 9.50 Å². The predicted octanol–water partition coefficient (Wildman–Crippen LogP) is 6.06. The summed E-state index contributed by atoms with van der Waals surface area (Å²) in [4.78, 5) is 13.9. The number of halogens is 3. The number of phenolic OH excluding ortho intramolecular Hbond substituents is 1. The first kappa shape index (κ1) is 27.6. The third-order valence-corrected chi connectivity index (χ3v) is 9.51. The van der Waals surface area contributed by atoms with Gasteiger partial charge in [0.1, 0.15) is 29.5 Å². The molecule has 10 heteroatoms. The summed E-state index contributed by atoms with van der Waals surface area (Å²) in [7, 11) is 2.07. The molecule has 3 aromatic carbocycles. The van der Waals surface area contributed by atoms with E-state index in [-0.39, 0.29) is 39.7 Å². The van der Waals surface area contributed by atoms with Gasteiger partial charge in [0.25, 0.3) is 0 Å². The molecule has 2 unspecified atom stereocenters. The van der Waals surface area contributed by atoms with Gasteiger partial charge in [-0.2, -0.15) is 9.97 Å². The van der Waals surface area contributed by atoms with Crippen LogP contribution >= 0.6 is 11.6 Å². The molecule has 3 aliphatic rings. The zero-order valence-corrected chi connectivity index (χ0v) is 24.5. The van der Waals surface area contributed by atoms with Crippen molar-refractivity contribution in [3.05, 3.63) is 52.6 Å². The predicted molar refractivity (Wildman–Crippen MR) is 162 cm³/mol. The minimum Gasteiger partial charge on any atom is -0.508 e. The van der Waals surface area contributed by atoms with Crippen molar-refractivity contribution < 1.29 is 18.6 Å². The van der Waals surface area contributed by atoms with Crippen LogP contribution in [0, 0.1) is 11.6 Å². The monoisotopic (exact) mass is 593 g/mol. The van der Waals surface area contributed by atoms with Gasteiger partial charge in [0.2, 0.25) is 0 Å². The number of aryl methyl sites for hydroxylation is 1. The van der Waals surface area contributed by atoms with Crippen LogP contribution in [0.15, 0.2) is 30.3 Å². The smallest absolute Gasteiger partial charge is 0.319 e. The molecule has 0 spiro atoms. The largest absolute Gasteiger partial charge is 0.508 e. The number of likely N-dealkylation sites (N-methyl/N-ethyl adjacent to an activating group) is 1. The molecule has 2 N–H and O–H groups in total. The molecule has 3 atom stereocenters. The van der Waals surface area contributed by atoms with Crippen LogP contribution in [0.5, 0.6) is 11.8 Å². The van der Waals surface area contributed by atoms with Crippen LogP contribution in [0.1, 0.15) is 38.2 Å². The van der Waals surface area contributed by atoms with Gasteiger partial charge in [-0.25, -0.2) is 8.78 Å². The van der Waals surface area contributed by atoms with E-state index >= 15 is 4.39 Å². The Bertz CT molecular complexity index is 1690. The van der Waals surface area contributed by atoms with Crippen molar-refractivity contribution in [3.8, 4) is 22.9 Å². The Hall–Kier alpha value is -3.27. The molecule has 3 aliphatic heterocycles. The number of fused-ring (bicyclic) bond motifs is 4. The van der Waals surface area contributed by atoms with Gasteiger partial charge in [-0.15, -0.1) is 0 Å². The number of phenols is 1. The fraction of sp³-hybridized carbons (Fsp3) is 0.438. The molecule has 3 fully saturated rings. The van der Waals surface area contributed by atoms with Crippen LogP contribution < -0.4 is 15.0 Å². The highest BCUT2D eigenvalue weighted by Gasteiger charge is 2.34. The van der Waals surface area contributed by atoms with E-state index in [0.717, 1.165) is 45.3 Å². The first-order valence-corrected chi connectivity index (χ1v) is 15.2. The quantitative estimate of drug-likeness (QED) is 0.281. The fourth-order valence-electron chi connectivity index (χ4n) is 7.09. The Labute approximate surface area is 248 Å². The Morgan fingerprint density at radius 2 is 1.88 bits per heavy atom. The zero-order chi connectivity index (χ0) is 29.1. The van der Waals surface area contributed by atoms with Crippen molar-refractivity contribution in [2.24, 2.45) is 0 Å². The molecule has 2 bridgehead atoms. The molecule has 0 amide bonds. The number of ether oxygens (including phenoxy) is 1. The van der Waals surface area contributed by atoms with Crippen molar-refractivity contribution in [3.63, 3.8) is 0 Å². The lowest BCUT2D eigenvalue weighted by Gasteiger charge is -2.34. The lowest BCUT2D eigenvalue weighted by molar-refractivity contribution is 0.188. The van der Waals surface area contributed by atoms with Crippen LogP contribution in [0.3, 0.4) is 0 Å². The topological polar surface area (TPSA) is 73.8 Å². The Morgan fingerprint density at radius 1 is 1.10 bits per heavy atom. The highest BCUT2D eigenvalue weighted by atomic mass is 35.5. The van der Waals surface area contributed by atoms with E-state index in [1.54, 1.807) is 18.2 Å². The highest BCUT2D eigenvalue weighted by Crippen LogP contribution is 2.44. The first-order valence-electron chi connectivity index (χ1n) is 14.8. The zero-order valence-electron chi connectivity index (χ0n) is 23.8. The van der Waals surface area contributed by atoms with Crippen LogP contribution in [0.4, 0.5) is 14.6 Å². The van der Waals surface area contributed by atoms with E-state index in [0.29, 0.717) is 58.2 Å². The molecule has 0 saturated carbocycles. The number of hydrogen-bond donors (Lipinski definition) is 2. The number of aromatic nitrogens is 2. The maximum absolute atomic E-state index is 16.9. The van der Waals surface area contributed by atoms with E-state index < -0.39 is 5.82 Å². The van der Waals surface area contributed by atoms with Crippen LogP contribution in [-0.4, -0.2) is 71.4 Å². The number of piperazine rings is 1. The average molecular weight is 594 g/mol. The summed E-state index contributed by atoms with van der Waals surface area (Å²) in [5.74, 6) is -0.507. The summed E-state index contributed by atoms with van der Waals surface area (Å²) < 4.78 is 38.0. The Morgan fingerprint density at radius 3 is 2.60 bits per heavy atom. The van der Waals surface area contributed by atoms with Crippen LogP contribution in [0.2, 0.25) is 5.02 Å². The van der Waals surface area contributed by atoms with Gasteiger partial charge in [-0.1, -0.05) is 24.6 Å². The van der Waals surface area contributed by atoms with Gasteiger partial charge in [0, 0.05) is 42.2 Å². The number of rotatable bonds is 6. The van der Waals surface area contributed by atoms with E-state index in [4.69, 9.17) is 21.3 Å². The number of anilines is 1. The third-order valence-electron chi connectivity index (χ3n) is 9.21. The summed E-state index contributed by atoms with van der Waals surface area (Å²) in [5, 5.41) is 16.0. The standard InChI is InChI=1S/C32H34ClF2N5O2/c1-3-22-26(34)9-6-17-11-21(41)12-23(27(17)22)28-25(33)13-24-30(29(28)35)37-32(42-16-20-5-4-10-39(20)2)38-31(24)40-14-18-7-8-19(15-40)36-18/h6,9,11-13,18-20,36,41H,3-5,7-8,10,14-16H2,1-2H3/t18?,19?,20-/m0/s1. The summed E-state index contributed by atoms with van der Waals surface area (Å²) in [6.45, 7) is 4.75. The number of nitrogens with one attached hydrogen (secondary N) is 1. The first-order chi connectivity index (χ1) is 20.3. The van der Waals surface area contributed by atoms with E-state index in [1.807, 2.05) is 6.92 Å². The maximum atomic E-state index is 16.9. The fourth-order valence-corrected chi connectivity index (χ4v) is 7.38. The normalized spacial score (nSPS) is 22.5. The summed E-state index contributed by atoms with van der Waals surface area (Å²) >= 11 is 6.88. The highest BCUT2D eigenvalue weighted by molar-refractivity contribution is 6.35. The van der Waals surface area contributed by atoms with E-state index in [1.165, 1.54) is 12.1 Å². The number of benzene rings is 3.